The van der Waals surface area contributed by atoms with E-state index in [4.69, 9.17) is 9.47 Å². The molecule has 1 saturated heterocycles. The molecule has 0 aliphatic carbocycles. The van der Waals surface area contributed by atoms with E-state index in [1.54, 1.807) is 12.3 Å². The minimum atomic E-state index is -3.65. The van der Waals surface area contributed by atoms with Gasteiger partial charge in [-0.15, -0.1) is 0 Å². The molecule has 30 heavy (non-hydrogen) atoms. The number of hydrogen-bond acceptors (Lipinski definition) is 6. The van der Waals surface area contributed by atoms with Gasteiger partial charge in [0, 0.05) is 37.0 Å². The maximum atomic E-state index is 12.5. The van der Waals surface area contributed by atoms with Crippen LogP contribution in [0.25, 0.3) is 0 Å². The number of carbonyl (C=O) groups excluding carboxylic acids is 1. The number of carbonyl (C=O) groups is 1. The number of benzene rings is 1. The molecule has 0 radical (unpaired) electrons. The van der Waals surface area contributed by atoms with Crippen molar-refractivity contribution in [2.24, 2.45) is 0 Å². The fraction of sp³-hybridized carbons (Fsp3) is 0.429. The monoisotopic (exact) mass is 433 g/mol. The normalized spacial score (nSPS) is 16.6. The van der Waals surface area contributed by atoms with Crippen LogP contribution in [0, 0.1) is 0 Å². The third kappa shape index (κ3) is 6.01. The second-order valence-electron chi connectivity index (χ2n) is 7.33. The number of aromatic nitrogens is 1. The summed E-state index contributed by atoms with van der Waals surface area (Å²) >= 11 is 0. The number of amides is 1. The maximum Gasteiger partial charge on any atom is 0.251 e. The van der Waals surface area contributed by atoms with Crippen LogP contribution in [-0.2, 0) is 21.3 Å². The Morgan fingerprint density at radius 1 is 1.27 bits per heavy atom. The standard InChI is InChI=1S/C21H27N3O5S/c1-15(2)29-21-17(5-3-11-22-21)13-23-20(25)16-7-9-19(10-8-16)30(26,27)24-14-18-6-4-12-28-18/h3,5,7-11,15,18,24H,4,6,12-14H2,1-2H3,(H,23,25). The van der Waals surface area contributed by atoms with Gasteiger partial charge in [0.25, 0.3) is 5.91 Å². The first-order chi connectivity index (χ1) is 14.3. The van der Waals surface area contributed by atoms with Crippen LogP contribution in [0.5, 0.6) is 5.88 Å². The summed E-state index contributed by atoms with van der Waals surface area (Å²) in [5.74, 6) is 0.164. The number of nitrogens with one attached hydrogen (secondary N) is 2. The van der Waals surface area contributed by atoms with Crippen LogP contribution in [0.1, 0.15) is 42.6 Å². The Kier molecular flexibility index (Phi) is 7.41. The van der Waals surface area contributed by atoms with Crippen molar-refractivity contribution in [3.63, 3.8) is 0 Å². The predicted molar refractivity (Wildman–Crippen MR) is 112 cm³/mol. The van der Waals surface area contributed by atoms with Gasteiger partial charge < -0.3 is 14.8 Å². The molecule has 1 amide bonds. The molecule has 9 heteroatoms. The minimum Gasteiger partial charge on any atom is -0.475 e. The van der Waals surface area contributed by atoms with Crippen LogP contribution in [0.3, 0.4) is 0 Å². The van der Waals surface area contributed by atoms with Crippen molar-refractivity contribution in [2.45, 2.75) is 50.3 Å². The first kappa shape index (κ1) is 22.2. The van der Waals surface area contributed by atoms with Crippen LogP contribution < -0.4 is 14.8 Å². The lowest BCUT2D eigenvalue weighted by molar-refractivity contribution is 0.0950. The first-order valence-corrected chi connectivity index (χ1v) is 11.4. The molecular formula is C21H27N3O5S. The van der Waals surface area contributed by atoms with Gasteiger partial charge in [-0.2, -0.15) is 0 Å². The molecule has 1 aliphatic heterocycles. The fourth-order valence-corrected chi connectivity index (χ4v) is 4.11. The van der Waals surface area contributed by atoms with Gasteiger partial charge in [-0.05, 0) is 57.0 Å². The zero-order chi connectivity index (χ0) is 21.6. The smallest absolute Gasteiger partial charge is 0.251 e. The topological polar surface area (TPSA) is 107 Å². The van der Waals surface area contributed by atoms with Gasteiger partial charge in [0.05, 0.1) is 17.1 Å². The summed E-state index contributed by atoms with van der Waals surface area (Å²) in [6.45, 7) is 4.97. The van der Waals surface area contributed by atoms with Crippen LogP contribution in [0.2, 0.25) is 0 Å². The molecule has 3 rings (SSSR count). The molecule has 1 fully saturated rings. The van der Waals surface area contributed by atoms with Crippen molar-refractivity contribution in [3.05, 3.63) is 53.7 Å². The van der Waals surface area contributed by atoms with E-state index in [0.29, 0.717) is 18.1 Å². The fourth-order valence-electron chi connectivity index (χ4n) is 3.04. The molecule has 162 valence electrons. The Balaban J connectivity index is 1.58. The van der Waals surface area contributed by atoms with Crippen LogP contribution >= 0.6 is 0 Å². The summed E-state index contributed by atoms with van der Waals surface area (Å²) in [7, 11) is -3.65. The van der Waals surface area contributed by atoms with Gasteiger partial charge in [-0.1, -0.05) is 6.07 Å². The average molecular weight is 434 g/mol. The molecule has 2 heterocycles. The molecule has 2 N–H and O–H groups in total. The van der Waals surface area contributed by atoms with E-state index in [1.165, 1.54) is 24.3 Å². The number of ether oxygens (including phenoxy) is 2. The molecule has 0 bridgehead atoms. The third-order valence-corrected chi connectivity index (χ3v) is 6.03. The summed E-state index contributed by atoms with van der Waals surface area (Å²) in [6, 6.07) is 9.43. The van der Waals surface area contributed by atoms with E-state index < -0.39 is 10.0 Å². The maximum absolute atomic E-state index is 12.5. The molecule has 8 nitrogen and oxygen atoms in total. The van der Waals surface area contributed by atoms with Crippen molar-refractivity contribution < 1.29 is 22.7 Å². The third-order valence-electron chi connectivity index (χ3n) is 4.59. The number of pyridine rings is 1. The highest BCUT2D eigenvalue weighted by molar-refractivity contribution is 7.89. The van der Waals surface area contributed by atoms with Crippen LogP contribution in [-0.4, -0.2) is 44.7 Å². The molecule has 0 spiro atoms. The van der Waals surface area contributed by atoms with Gasteiger partial charge in [0.15, 0.2) is 0 Å². The van der Waals surface area contributed by atoms with E-state index >= 15 is 0 Å². The summed E-state index contributed by atoms with van der Waals surface area (Å²) in [5.41, 5.74) is 1.13. The molecule has 1 aliphatic rings. The van der Waals surface area contributed by atoms with Crippen molar-refractivity contribution in [2.75, 3.05) is 13.2 Å². The zero-order valence-electron chi connectivity index (χ0n) is 17.1. The zero-order valence-corrected chi connectivity index (χ0v) is 17.9. The lowest BCUT2D eigenvalue weighted by atomic mass is 10.2. The summed E-state index contributed by atoms with van der Waals surface area (Å²) in [5, 5.41) is 2.81. The quantitative estimate of drug-likeness (QED) is 0.628. The SMILES string of the molecule is CC(C)Oc1ncccc1CNC(=O)c1ccc(S(=O)(=O)NCC2CCCO2)cc1. The first-order valence-electron chi connectivity index (χ1n) is 9.95. The van der Waals surface area contributed by atoms with Crippen molar-refractivity contribution in [1.82, 2.24) is 15.0 Å². The van der Waals surface area contributed by atoms with Gasteiger partial charge in [0.2, 0.25) is 15.9 Å². The number of sulfonamides is 1. The Bertz CT molecular complexity index is 955. The second-order valence-corrected chi connectivity index (χ2v) is 9.10. The molecule has 1 aromatic carbocycles. The lowest BCUT2D eigenvalue weighted by Crippen LogP contribution is -2.31. The molecular weight excluding hydrogens is 406 g/mol. The molecule has 1 aromatic heterocycles. The highest BCUT2D eigenvalue weighted by Crippen LogP contribution is 2.17. The van der Waals surface area contributed by atoms with Gasteiger partial charge >= 0.3 is 0 Å². The summed E-state index contributed by atoms with van der Waals surface area (Å²) < 4.78 is 38.5. The Morgan fingerprint density at radius 2 is 2.03 bits per heavy atom. The number of nitrogens with zero attached hydrogens (tertiary/aromatic N) is 1. The molecule has 1 unspecified atom stereocenters. The Hall–Kier alpha value is -2.49. The van der Waals surface area contributed by atoms with E-state index in [2.05, 4.69) is 15.0 Å². The van der Waals surface area contributed by atoms with E-state index in [-0.39, 0.29) is 36.1 Å². The van der Waals surface area contributed by atoms with Crippen LogP contribution in [0.15, 0.2) is 47.5 Å². The number of hydrogen-bond donors (Lipinski definition) is 2. The van der Waals surface area contributed by atoms with Gasteiger partial charge in [-0.3, -0.25) is 4.79 Å². The van der Waals surface area contributed by atoms with Crippen molar-refractivity contribution in [3.8, 4) is 5.88 Å². The largest absolute Gasteiger partial charge is 0.475 e. The van der Waals surface area contributed by atoms with E-state index in [1.807, 2.05) is 19.9 Å². The Morgan fingerprint density at radius 3 is 2.70 bits per heavy atom. The highest BCUT2D eigenvalue weighted by atomic mass is 32.2. The average Bonchev–Trinajstić information content (AvgIpc) is 3.25. The summed E-state index contributed by atoms with van der Waals surface area (Å²) in [6.07, 6.45) is 3.32. The van der Waals surface area contributed by atoms with Crippen molar-refractivity contribution >= 4 is 15.9 Å². The molecule has 1 atom stereocenters. The molecule has 2 aromatic rings. The lowest BCUT2D eigenvalue weighted by Gasteiger charge is -2.13. The predicted octanol–water partition coefficient (Wildman–Crippen LogP) is 2.26. The number of rotatable bonds is 9. The van der Waals surface area contributed by atoms with Crippen LogP contribution in [0.4, 0.5) is 0 Å². The van der Waals surface area contributed by atoms with Crippen molar-refractivity contribution in [1.29, 1.82) is 0 Å². The highest BCUT2D eigenvalue weighted by Gasteiger charge is 2.20. The Labute approximate surface area is 177 Å². The molecule has 0 saturated carbocycles. The van der Waals surface area contributed by atoms with Gasteiger partial charge in [0.1, 0.15) is 0 Å². The second kappa shape index (κ2) is 10.0. The summed E-state index contributed by atoms with van der Waals surface area (Å²) in [4.78, 5) is 16.8. The van der Waals surface area contributed by atoms with E-state index in [0.717, 1.165) is 18.4 Å². The van der Waals surface area contributed by atoms with E-state index in [9.17, 15) is 13.2 Å². The van der Waals surface area contributed by atoms with Gasteiger partial charge in [-0.25, -0.2) is 18.1 Å². The minimum absolute atomic E-state index is 0.0299.